The molecule has 1 rings (SSSR count). The number of hydrogen-bond acceptors (Lipinski definition) is 3. The minimum Gasteiger partial charge on any atom is -0.330 e. The molecule has 0 unspecified atom stereocenters. The van der Waals surface area contributed by atoms with E-state index in [9.17, 15) is 21.6 Å². The Hall–Kier alpha value is -0.830. The van der Waals surface area contributed by atoms with Gasteiger partial charge in [0, 0.05) is 6.54 Å². The quantitative estimate of drug-likeness (QED) is 0.617. The summed E-state index contributed by atoms with van der Waals surface area (Å²) in [6.45, 7) is 0.516. The number of halogens is 4. The molecule has 0 aliphatic heterocycles. The van der Waals surface area contributed by atoms with Crippen LogP contribution in [0.4, 0.5) is 13.2 Å². The van der Waals surface area contributed by atoms with Crippen molar-refractivity contribution in [2.45, 2.75) is 17.7 Å². The van der Waals surface area contributed by atoms with E-state index in [2.05, 4.69) is 4.72 Å². The molecule has 0 bridgehead atoms. The number of nitrogens with one attached hydrogen (secondary N) is 1. The lowest BCUT2D eigenvalue weighted by Crippen LogP contribution is -2.25. The van der Waals surface area contributed by atoms with Gasteiger partial charge in [-0.1, -0.05) is 0 Å². The summed E-state index contributed by atoms with van der Waals surface area (Å²) in [6.07, 6.45) is 1.12. The van der Waals surface area contributed by atoms with E-state index < -0.39 is 32.4 Å². The molecule has 110 valence electrons. The molecule has 0 atom stereocenters. The van der Waals surface area contributed by atoms with Crippen LogP contribution < -0.4 is 10.5 Å². The van der Waals surface area contributed by atoms with Gasteiger partial charge >= 0.3 is 0 Å². The highest BCUT2D eigenvalue weighted by Gasteiger charge is 2.19. The molecule has 0 radical (unpaired) electrons. The molecule has 0 saturated carbocycles. The Kier molecular flexibility index (Phi) is 7.35. The van der Waals surface area contributed by atoms with Crippen LogP contribution in [0.2, 0.25) is 0 Å². The van der Waals surface area contributed by atoms with Crippen LogP contribution in [0.5, 0.6) is 0 Å². The van der Waals surface area contributed by atoms with Crippen LogP contribution in [0.1, 0.15) is 12.8 Å². The van der Waals surface area contributed by atoms with Gasteiger partial charge in [-0.15, -0.1) is 12.4 Å². The summed E-state index contributed by atoms with van der Waals surface area (Å²) in [5.74, 6) is -4.79. The van der Waals surface area contributed by atoms with Crippen molar-refractivity contribution in [3.8, 4) is 0 Å². The predicted octanol–water partition coefficient (Wildman–Crippen LogP) is 1.54. The maximum Gasteiger partial charge on any atom is 0.240 e. The lowest BCUT2D eigenvalue weighted by molar-refractivity contribution is 0.442. The fraction of sp³-hybridized carbons (Fsp3) is 0.400. The molecule has 0 spiro atoms. The van der Waals surface area contributed by atoms with Gasteiger partial charge in [0.2, 0.25) is 10.0 Å². The van der Waals surface area contributed by atoms with E-state index in [1.807, 2.05) is 0 Å². The van der Waals surface area contributed by atoms with Crippen molar-refractivity contribution in [1.29, 1.82) is 0 Å². The average Bonchev–Trinajstić information content (AvgIpc) is 2.31. The summed E-state index contributed by atoms with van der Waals surface area (Å²) >= 11 is 0. The zero-order valence-corrected chi connectivity index (χ0v) is 11.5. The third kappa shape index (κ3) is 4.98. The summed E-state index contributed by atoms with van der Waals surface area (Å²) in [7, 11) is -4.04. The summed E-state index contributed by atoms with van der Waals surface area (Å²) < 4.78 is 63.8. The van der Waals surface area contributed by atoms with Crippen LogP contribution in [0.3, 0.4) is 0 Å². The first-order chi connectivity index (χ1) is 8.38. The number of rotatable bonds is 6. The van der Waals surface area contributed by atoms with Gasteiger partial charge in [-0.05, 0) is 31.5 Å². The zero-order chi connectivity index (χ0) is 13.8. The number of benzene rings is 1. The second-order valence-corrected chi connectivity index (χ2v) is 5.36. The Labute approximate surface area is 115 Å². The maximum absolute atomic E-state index is 12.9. The largest absolute Gasteiger partial charge is 0.330 e. The maximum atomic E-state index is 12.9. The molecule has 0 saturated heterocycles. The molecule has 4 nitrogen and oxygen atoms in total. The third-order valence-corrected chi connectivity index (χ3v) is 3.63. The third-order valence-electron chi connectivity index (χ3n) is 2.19. The fourth-order valence-corrected chi connectivity index (χ4v) is 2.34. The second-order valence-electron chi connectivity index (χ2n) is 3.59. The molecule has 0 heterocycles. The lowest BCUT2D eigenvalue weighted by atomic mass is 10.3. The minimum atomic E-state index is -4.04. The Balaban J connectivity index is 0.00000324. The SMILES string of the molecule is Cl.NCCCCNS(=O)(=O)c1cc(F)c(F)c(F)c1. The van der Waals surface area contributed by atoms with Crippen molar-refractivity contribution < 1.29 is 21.6 Å². The number of nitrogens with two attached hydrogens (primary N) is 1. The number of sulfonamides is 1. The molecule has 0 aliphatic carbocycles. The van der Waals surface area contributed by atoms with Gasteiger partial charge in [-0.2, -0.15) is 0 Å². The standard InChI is InChI=1S/C10H13F3N2O2S.ClH/c11-8-5-7(6-9(12)10(8)13)18(16,17)15-4-2-1-3-14;/h5-6,15H,1-4,14H2;1H. The lowest BCUT2D eigenvalue weighted by Gasteiger charge is -2.07. The summed E-state index contributed by atoms with van der Waals surface area (Å²) in [5, 5.41) is 0. The van der Waals surface area contributed by atoms with Gasteiger partial charge < -0.3 is 5.73 Å². The minimum absolute atomic E-state index is 0. The molecule has 0 amide bonds. The van der Waals surface area contributed by atoms with Crippen molar-refractivity contribution in [3.05, 3.63) is 29.6 Å². The summed E-state index contributed by atoms with van der Waals surface area (Å²) in [4.78, 5) is -0.647. The second kappa shape index (κ2) is 7.68. The van der Waals surface area contributed by atoms with Crippen LogP contribution in [-0.2, 0) is 10.0 Å². The van der Waals surface area contributed by atoms with E-state index in [0.29, 0.717) is 31.5 Å². The average molecular weight is 319 g/mol. The van der Waals surface area contributed by atoms with E-state index in [-0.39, 0.29) is 19.0 Å². The Morgan fingerprint density at radius 1 is 1.11 bits per heavy atom. The van der Waals surface area contributed by atoms with Crippen molar-refractivity contribution in [3.63, 3.8) is 0 Å². The van der Waals surface area contributed by atoms with Gasteiger partial charge in [0.15, 0.2) is 17.5 Å². The van der Waals surface area contributed by atoms with E-state index in [0.717, 1.165) is 0 Å². The zero-order valence-electron chi connectivity index (χ0n) is 9.83. The van der Waals surface area contributed by atoms with Crippen molar-refractivity contribution in [2.24, 2.45) is 5.73 Å². The van der Waals surface area contributed by atoms with E-state index >= 15 is 0 Å². The van der Waals surface area contributed by atoms with Crippen LogP contribution in [0, 0.1) is 17.5 Å². The Morgan fingerprint density at radius 2 is 1.63 bits per heavy atom. The molecule has 0 aromatic heterocycles. The first-order valence-electron chi connectivity index (χ1n) is 5.23. The molecule has 19 heavy (non-hydrogen) atoms. The van der Waals surface area contributed by atoms with Gasteiger partial charge in [0.05, 0.1) is 4.90 Å². The van der Waals surface area contributed by atoms with Crippen LogP contribution in [-0.4, -0.2) is 21.5 Å². The van der Waals surface area contributed by atoms with E-state index in [4.69, 9.17) is 5.73 Å². The summed E-state index contributed by atoms with van der Waals surface area (Å²) in [6, 6.07) is 0.868. The fourth-order valence-electron chi connectivity index (χ4n) is 1.25. The number of unbranched alkanes of at least 4 members (excludes halogenated alkanes) is 1. The van der Waals surface area contributed by atoms with Gasteiger partial charge in [-0.25, -0.2) is 26.3 Å². The van der Waals surface area contributed by atoms with Gasteiger partial charge in [-0.3, -0.25) is 0 Å². The molecular weight excluding hydrogens is 305 g/mol. The van der Waals surface area contributed by atoms with Crippen LogP contribution in [0.25, 0.3) is 0 Å². The molecular formula is C10H14ClF3N2O2S. The van der Waals surface area contributed by atoms with Crippen molar-refractivity contribution in [1.82, 2.24) is 4.72 Å². The monoisotopic (exact) mass is 318 g/mol. The van der Waals surface area contributed by atoms with E-state index in [1.54, 1.807) is 0 Å². The smallest absolute Gasteiger partial charge is 0.240 e. The highest BCUT2D eigenvalue weighted by Crippen LogP contribution is 2.17. The first-order valence-corrected chi connectivity index (χ1v) is 6.71. The molecule has 3 N–H and O–H groups in total. The summed E-state index contributed by atoms with van der Waals surface area (Å²) in [5.41, 5.74) is 5.23. The Bertz CT molecular complexity index is 503. The van der Waals surface area contributed by atoms with Crippen LogP contribution in [0.15, 0.2) is 17.0 Å². The highest BCUT2D eigenvalue weighted by atomic mass is 35.5. The van der Waals surface area contributed by atoms with Crippen molar-refractivity contribution >= 4 is 22.4 Å². The Morgan fingerprint density at radius 3 is 2.11 bits per heavy atom. The highest BCUT2D eigenvalue weighted by molar-refractivity contribution is 7.89. The predicted molar refractivity (Wildman–Crippen MR) is 67.0 cm³/mol. The molecule has 0 fully saturated rings. The van der Waals surface area contributed by atoms with E-state index in [1.165, 1.54) is 0 Å². The first kappa shape index (κ1) is 18.2. The number of hydrogen-bond donors (Lipinski definition) is 2. The van der Waals surface area contributed by atoms with Crippen LogP contribution >= 0.6 is 12.4 Å². The molecule has 9 heteroatoms. The van der Waals surface area contributed by atoms with Crippen molar-refractivity contribution in [2.75, 3.05) is 13.1 Å². The van der Waals surface area contributed by atoms with Gasteiger partial charge in [0.25, 0.3) is 0 Å². The topological polar surface area (TPSA) is 72.2 Å². The normalized spacial score (nSPS) is 11.2. The molecule has 1 aromatic rings. The molecule has 0 aliphatic rings. The molecule has 1 aromatic carbocycles. The van der Waals surface area contributed by atoms with Gasteiger partial charge in [0.1, 0.15) is 0 Å².